The van der Waals surface area contributed by atoms with Gasteiger partial charge in [0.1, 0.15) is 6.10 Å². The van der Waals surface area contributed by atoms with Crippen molar-refractivity contribution in [1.82, 2.24) is 4.90 Å². The molecule has 18 heavy (non-hydrogen) atoms. The summed E-state index contributed by atoms with van der Waals surface area (Å²) in [5.41, 5.74) is 0.534. The molecule has 1 amide bonds. The molecular weight excluding hydrogens is 234 g/mol. The van der Waals surface area contributed by atoms with E-state index >= 15 is 0 Å². The fourth-order valence-corrected chi connectivity index (χ4v) is 1.94. The number of carbonyl (C=O) groups is 1. The van der Waals surface area contributed by atoms with Gasteiger partial charge in [-0.1, -0.05) is 30.3 Å². The van der Waals surface area contributed by atoms with Gasteiger partial charge in [0, 0.05) is 13.1 Å². The Labute approximate surface area is 106 Å². The predicted molar refractivity (Wildman–Crippen MR) is 64.8 cm³/mol. The molecule has 0 bridgehead atoms. The molecular formula is C13H17NO4. The van der Waals surface area contributed by atoms with Crippen molar-refractivity contribution < 1.29 is 19.7 Å². The third-order valence-electron chi connectivity index (χ3n) is 3.02. The molecule has 1 heterocycles. The molecule has 1 aliphatic heterocycles. The lowest BCUT2D eigenvalue weighted by molar-refractivity contribution is -0.150. The van der Waals surface area contributed by atoms with Crippen LogP contribution in [0.1, 0.15) is 11.7 Å². The van der Waals surface area contributed by atoms with E-state index in [1.54, 1.807) is 24.3 Å². The number of carbonyl (C=O) groups excluding carboxylic acids is 1. The number of hydrogen-bond donors (Lipinski definition) is 2. The molecule has 98 valence electrons. The second kappa shape index (κ2) is 5.95. The highest BCUT2D eigenvalue weighted by Gasteiger charge is 2.30. The molecule has 1 aromatic rings. The summed E-state index contributed by atoms with van der Waals surface area (Å²) >= 11 is 0. The van der Waals surface area contributed by atoms with E-state index in [0.717, 1.165) is 0 Å². The molecule has 1 fully saturated rings. The Hall–Kier alpha value is -1.43. The van der Waals surface area contributed by atoms with Crippen LogP contribution in [0.25, 0.3) is 0 Å². The lowest BCUT2D eigenvalue weighted by Gasteiger charge is -2.30. The third-order valence-corrected chi connectivity index (χ3v) is 3.02. The number of benzene rings is 1. The van der Waals surface area contributed by atoms with Crippen LogP contribution in [0.2, 0.25) is 0 Å². The highest BCUT2D eigenvalue weighted by Crippen LogP contribution is 2.18. The van der Waals surface area contributed by atoms with Gasteiger partial charge in [-0.2, -0.15) is 0 Å². The van der Waals surface area contributed by atoms with Crippen LogP contribution in [0.3, 0.4) is 0 Å². The summed E-state index contributed by atoms with van der Waals surface area (Å²) in [6, 6.07) is 8.68. The summed E-state index contributed by atoms with van der Waals surface area (Å²) in [4.78, 5) is 13.5. The zero-order valence-corrected chi connectivity index (χ0v) is 10.0. The smallest absolute Gasteiger partial charge is 0.254 e. The van der Waals surface area contributed by atoms with Crippen LogP contribution in [0, 0.1) is 0 Å². The van der Waals surface area contributed by atoms with Gasteiger partial charge in [0.2, 0.25) is 0 Å². The Kier molecular flexibility index (Phi) is 4.30. The number of hydrogen-bond acceptors (Lipinski definition) is 4. The highest BCUT2D eigenvalue weighted by molar-refractivity contribution is 5.81. The quantitative estimate of drug-likeness (QED) is 0.789. The van der Waals surface area contributed by atoms with Gasteiger partial charge >= 0.3 is 0 Å². The second-order valence-electron chi connectivity index (χ2n) is 4.24. The van der Waals surface area contributed by atoms with Crippen molar-refractivity contribution in [3.05, 3.63) is 35.9 Å². The molecule has 0 spiro atoms. The van der Waals surface area contributed by atoms with Crippen molar-refractivity contribution >= 4 is 5.91 Å². The molecule has 0 radical (unpaired) electrons. The van der Waals surface area contributed by atoms with Crippen LogP contribution in [-0.4, -0.2) is 53.4 Å². The summed E-state index contributed by atoms with van der Waals surface area (Å²) < 4.78 is 5.14. The van der Waals surface area contributed by atoms with Crippen LogP contribution >= 0.6 is 0 Å². The lowest BCUT2D eigenvalue weighted by atomic mass is 10.0. The molecule has 0 aromatic heterocycles. The van der Waals surface area contributed by atoms with E-state index in [4.69, 9.17) is 4.74 Å². The monoisotopic (exact) mass is 251 g/mol. The summed E-state index contributed by atoms with van der Waals surface area (Å²) in [5, 5.41) is 19.9. The van der Waals surface area contributed by atoms with E-state index in [2.05, 4.69) is 0 Å². The second-order valence-corrected chi connectivity index (χ2v) is 4.24. The Balaban J connectivity index is 2.01. The predicted octanol–water partition coefficient (Wildman–Crippen LogP) is -0.0603. The van der Waals surface area contributed by atoms with Crippen molar-refractivity contribution in [3.63, 3.8) is 0 Å². The number of aliphatic hydroxyl groups is 2. The van der Waals surface area contributed by atoms with Crippen molar-refractivity contribution in [2.75, 3.05) is 26.3 Å². The molecule has 1 aliphatic rings. The SMILES string of the molecule is O=C(C(O)C(O)c1ccccc1)N1CCOCC1. The zero-order chi connectivity index (χ0) is 13.0. The Morgan fingerprint density at radius 1 is 1.17 bits per heavy atom. The summed E-state index contributed by atoms with van der Waals surface area (Å²) in [6.07, 6.45) is -2.62. The van der Waals surface area contributed by atoms with Crippen LogP contribution in [-0.2, 0) is 9.53 Å². The number of morpholine rings is 1. The Bertz CT molecular complexity index is 389. The Morgan fingerprint density at radius 2 is 1.78 bits per heavy atom. The van der Waals surface area contributed by atoms with E-state index in [-0.39, 0.29) is 0 Å². The van der Waals surface area contributed by atoms with E-state index in [0.29, 0.717) is 31.9 Å². The Morgan fingerprint density at radius 3 is 2.39 bits per heavy atom. The summed E-state index contributed by atoms with van der Waals surface area (Å²) in [6.45, 7) is 1.86. The minimum Gasteiger partial charge on any atom is -0.385 e. The standard InChI is InChI=1S/C13H17NO4/c15-11(10-4-2-1-3-5-10)12(16)13(17)14-6-8-18-9-7-14/h1-5,11-12,15-16H,6-9H2. The van der Waals surface area contributed by atoms with E-state index < -0.39 is 18.1 Å². The molecule has 2 N–H and O–H groups in total. The van der Waals surface area contributed by atoms with Gasteiger partial charge in [0.25, 0.3) is 5.91 Å². The first kappa shape index (κ1) is 13.0. The van der Waals surface area contributed by atoms with Gasteiger partial charge in [-0.05, 0) is 5.56 Å². The van der Waals surface area contributed by atoms with Crippen molar-refractivity contribution in [3.8, 4) is 0 Å². The minimum atomic E-state index is -1.43. The molecule has 0 aliphatic carbocycles. The van der Waals surface area contributed by atoms with Gasteiger partial charge in [-0.3, -0.25) is 4.79 Å². The van der Waals surface area contributed by atoms with Gasteiger partial charge in [-0.25, -0.2) is 0 Å². The van der Waals surface area contributed by atoms with Crippen molar-refractivity contribution in [2.24, 2.45) is 0 Å². The topological polar surface area (TPSA) is 70.0 Å². The number of rotatable bonds is 3. The number of amides is 1. The van der Waals surface area contributed by atoms with Gasteiger partial charge in [0.15, 0.2) is 6.10 Å². The number of nitrogens with zero attached hydrogens (tertiary/aromatic N) is 1. The van der Waals surface area contributed by atoms with Crippen LogP contribution in [0.4, 0.5) is 0 Å². The van der Waals surface area contributed by atoms with Crippen LogP contribution in [0.5, 0.6) is 0 Å². The lowest BCUT2D eigenvalue weighted by Crippen LogP contribution is -2.47. The van der Waals surface area contributed by atoms with E-state index in [1.807, 2.05) is 6.07 Å². The van der Waals surface area contributed by atoms with Gasteiger partial charge in [-0.15, -0.1) is 0 Å². The van der Waals surface area contributed by atoms with Gasteiger partial charge in [0.05, 0.1) is 13.2 Å². The molecule has 1 aromatic carbocycles. The van der Waals surface area contributed by atoms with Crippen LogP contribution in [0.15, 0.2) is 30.3 Å². The largest absolute Gasteiger partial charge is 0.385 e. The summed E-state index contributed by atoms with van der Waals surface area (Å²) in [5.74, 6) is -0.449. The molecule has 1 saturated heterocycles. The molecule has 2 unspecified atom stereocenters. The maximum absolute atomic E-state index is 12.0. The number of ether oxygens (including phenoxy) is 1. The third kappa shape index (κ3) is 2.87. The molecule has 2 rings (SSSR count). The molecule has 5 nitrogen and oxygen atoms in total. The average molecular weight is 251 g/mol. The highest BCUT2D eigenvalue weighted by atomic mass is 16.5. The van der Waals surface area contributed by atoms with Gasteiger partial charge < -0.3 is 19.8 Å². The fraction of sp³-hybridized carbons (Fsp3) is 0.462. The van der Waals surface area contributed by atoms with Crippen molar-refractivity contribution in [1.29, 1.82) is 0 Å². The first-order valence-electron chi connectivity index (χ1n) is 5.98. The molecule has 5 heteroatoms. The van der Waals surface area contributed by atoms with Crippen molar-refractivity contribution in [2.45, 2.75) is 12.2 Å². The number of aliphatic hydroxyl groups excluding tert-OH is 2. The average Bonchev–Trinajstić information content (AvgIpc) is 2.47. The maximum Gasteiger partial charge on any atom is 0.254 e. The maximum atomic E-state index is 12.0. The van der Waals surface area contributed by atoms with E-state index in [9.17, 15) is 15.0 Å². The first-order chi connectivity index (χ1) is 8.70. The summed E-state index contributed by atoms with van der Waals surface area (Å²) in [7, 11) is 0. The molecule has 2 atom stereocenters. The zero-order valence-electron chi connectivity index (χ0n) is 10.0. The molecule has 0 saturated carbocycles. The minimum absolute atomic E-state index is 0.449. The fourth-order valence-electron chi connectivity index (χ4n) is 1.94. The van der Waals surface area contributed by atoms with E-state index in [1.165, 1.54) is 4.90 Å². The van der Waals surface area contributed by atoms with Crippen LogP contribution < -0.4 is 0 Å². The normalized spacial score (nSPS) is 19.3. The first-order valence-corrected chi connectivity index (χ1v) is 5.98.